The number of H-pyrrole nitrogens is 1. The van der Waals surface area contributed by atoms with Crippen molar-refractivity contribution in [1.82, 2.24) is 14.7 Å². The third-order valence-electron chi connectivity index (χ3n) is 3.52. The second-order valence-corrected chi connectivity index (χ2v) is 7.15. The highest BCUT2D eigenvalue weighted by molar-refractivity contribution is 7.89. The summed E-state index contributed by atoms with van der Waals surface area (Å²) in [6.07, 6.45) is 0. The van der Waals surface area contributed by atoms with E-state index in [-0.39, 0.29) is 4.90 Å². The van der Waals surface area contributed by atoms with Crippen molar-refractivity contribution in [3.63, 3.8) is 0 Å². The molecule has 0 spiro atoms. The second kappa shape index (κ2) is 5.75. The van der Waals surface area contributed by atoms with Gasteiger partial charge in [-0.25, -0.2) is 22.5 Å². The third-order valence-corrected chi connectivity index (χ3v) is 5.08. The van der Waals surface area contributed by atoms with Gasteiger partial charge in [-0.2, -0.15) is 0 Å². The Bertz CT molecular complexity index is 949. The van der Waals surface area contributed by atoms with E-state index in [1.54, 1.807) is 6.92 Å². The van der Waals surface area contributed by atoms with Crippen LogP contribution in [0, 0.1) is 12.7 Å². The SMILES string of the molecule is Cc1ccc2nc(C(C)NS(=O)(=O)c3ccc(F)cc3)[nH]c2c1. The first kappa shape index (κ1) is 15.6. The monoisotopic (exact) mass is 333 g/mol. The minimum Gasteiger partial charge on any atom is -0.341 e. The zero-order chi connectivity index (χ0) is 16.6. The van der Waals surface area contributed by atoms with Crippen LogP contribution in [-0.2, 0) is 10.0 Å². The Kier molecular flexibility index (Phi) is 3.91. The molecule has 0 radical (unpaired) electrons. The van der Waals surface area contributed by atoms with Crippen LogP contribution >= 0.6 is 0 Å². The number of benzene rings is 2. The molecular weight excluding hydrogens is 317 g/mol. The molecule has 23 heavy (non-hydrogen) atoms. The molecule has 2 N–H and O–H groups in total. The highest BCUT2D eigenvalue weighted by atomic mass is 32.2. The Morgan fingerprint density at radius 2 is 1.87 bits per heavy atom. The van der Waals surface area contributed by atoms with Crippen LogP contribution in [-0.4, -0.2) is 18.4 Å². The molecule has 0 fully saturated rings. The lowest BCUT2D eigenvalue weighted by Gasteiger charge is -2.12. The Balaban J connectivity index is 1.87. The van der Waals surface area contributed by atoms with Gasteiger partial charge in [0, 0.05) is 0 Å². The van der Waals surface area contributed by atoms with E-state index >= 15 is 0 Å². The first-order chi connectivity index (χ1) is 10.8. The third kappa shape index (κ3) is 3.25. The molecule has 0 bridgehead atoms. The summed E-state index contributed by atoms with van der Waals surface area (Å²) in [5.41, 5.74) is 2.72. The summed E-state index contributed by atoms with van der Waals surface area (Å²) in [5.74, 6) is 0.0425. The lowest BCUT2D eigenvalue weighted by Crippen LogP contribution is -2.27. The van der Waals surface area contributed by atoms with Gasteiger partial charge in [-0.1, -0.05) is 6.07 Å². The van der Waals surface area contributed by atoms with Gasteiger partial charge < -0.3 is 4.98 Å². The molecule has 1 aromatic heterocycles. The smallest absolute Gasteiger partial charge is 0.241 e. The number of aryl methyl sites for hydroxylation is 1. The number of halogens is 1. The van der Waals surface area contributed by atoms with Crippen LogP contribution in [0.25, 0.3) is 11.0 Å². The maximum atomic E-state index is 12.9. The molecule has 2 aromatic carbocycles. The van der Waals surface area contributed by atoms with Crippen LogP contribution in [0.2, 0.25) is 0 Å². The molecule has 0 aliphatic rings. The minimum absolute atomic E-state index is 0.0118. The number of hydrogen-bond donors (Lipinski definition) is 2. The van der Waals surface area contributed by atoms with Gasteiger partial charge in [0.25, 0.3) is 0 Å². The standard InChI is InChI=1S/C16H16FN3O2S/c1-10-3-8-14-15(9-10)19-16(18-14)11(2)20-23(21,22)13-6-4-12(17)5-7-13/h3-9,11,20H,1-2H3,(H,18,19). The summed E-state index contributed by atoms with van der Waals surface area (Å²) < 4.78 is 40.1. The van der Waals surface area contributed by atoms with Gasteiger partial charge in [-0.05, 0) is 55.8 Å². The number of aromatic nitrogens is 2. The first-order valence-electron chi connectivity index (χ1n) is 7.09. The maximum absolute atomic E-state index is 12.9. The Labute approximate surface area is 133 Å². The molecule has 3 aromatic rings. The summed E-state index contributed by atoms with van der Waals surface area (Å²) in [7, 11) is -3.75. The summed E-state index contributed by atoms with van der Waals surface area (Å²) in [4.78, 5) is 7.54. The summed E-state index contributed by atoms with van der Waals surface area (Å²) in [6, 6.07) is 9.92. The van der Waals surface area contributed by atoms with Gasteiger partial charge in [0.1, 0.15) is 11.6 Å². The molecule has 7 heteroatoms. The van der Waals surface area contributed by atoms with Crippen molar-refractivity contribution in [3.05, 3.63) is 59.7 Å². The fourth-order valence-electron chi connectivity index (χ4n) is 2.32. The quantitative estimate of drug-likeness (QED) is 0.770. The van der Waals surface area contributed by atoms with Gasteiger partial charge in [-0.3, -0.25) is 0 Å². The van der Waals surface area contributed by atoms with Crippen molar-refractivity contribution in [3.8, 4) is 0 Å². The molecule has 0 aliphatic heterocycles. The number of nitrogens with one attached hydrogen (secondary N) is 2. The van der Waals surface area contributed by atoms with Gasteiger partial charge in [0.2, 0.25) is 10.0 Å². The molecule has 120 valence electrons. The van der Waals surface area contributed by atoms with Crippen molar-refractivity contribution in [2.24, 2.45) is 0 Å². The van der Waals surface area contributed by atoms with Crippen molar-refractivity contribution < 1.29 is 12.8 Å². The fourth-order valence-corrected chi connectivity index (χ4v) is 3.53. The highest BCUT2D eigenvalue weighted by Gasteiger charge is 2.20. The Hall–Kier alpha value is -2.25. The van der Waals surface area contributed by atoms with Gasteiger partial charge in [-0.15, -0.1) is 0 Å². The lowest BCUT2D eigenvalue weighted by molar-refractivity contribution is 0.561. The number of aromatic amines is 1. The lowest BCUT2D eigenvalue weighted by atomic mass is 10.2. The molecule has 5 nitrogen and oxygen atoms in total. The molecule has 3 rings (SSSR count). The van der Waals surface area contributed by atoms with E-state index < -0.39 is 21.9 Å². The fraction of sp³-hybridized carbons (Fsp3) is 0.188. The van der Waals surface area contributed by atoms with E-state index in [1.807, 2.05) is 25.1 Å². The molecule has 1 heterocycles. The number of imidazole rings is 1. The van der Waals surface area contributed by atoms with Gasteiger partial charge in [0.15, 0.2) is 0 Å². The zero-order valence-electron chi connectivity index (χ0n) is 12.7. The van der Waals surface area contributed by atoms with Crippen molar-refractivity contribution in [1.29, 1.82) is 0 Å². The van der Waals surface area contributed by atoms with Crippen LogP contribution in [0.5, 0.6) is 0 Å². The van der Waals surface area contributed by atoms with E-state index in [2.05, 4.69) is 14.7 Å². The number of nitrogens with zero attached hydrogens (tertiary/aromatic N) is 1. The van der Waals surface area contributed by atoms with Crippen LogP contribution in [0.15, 0.2) is 47.4 Å². The van der Waals surface area contributed by atoms with Crippen molar-refractivity contribution >= 4 is 21.1 Å². The topological polar surface area (TPSA) is 74.8 Å². The van der Waals surface area contributed by atoms with E-state index in [0.717, 1.165) is 28.7 Å². The number of hydrogen-bond acceptors (Lipinski definition) is 3. The Morgan fingerprint density at radius 1 is 1.17 bits per heavy atom. The van der Waals surface area contributed by atoms with Gasteiger partial charge in [0.05, 0.1) is 22.0 Å². The van der Waals surface area contributed by atoms with Crippen LogP contribution in [0.3, 0.4) is 0 Å². The average Bonchev–Trinajstić information content (AvgIpc) is 2.90. The summed E-state index contributed by atoms with van der Waals surface area (Å²) in [6.45, 7) is 3.67. The largest absolute Gasteiger partial charge is 0.341 e. The normalized spacial score (nSPS) is 13.3. The van der Waals surface area contributed by atoms with Gasteiger partial charge >= 0.3 is 0 Å². The average molecular weight is 333 g/mol. The summed E-state index contributed by atoms with van der Waals surface area (Å²) >= 11 is 0. The van der Waals surface area contributed by atoms with Crippen molar-refractivity contribution in [2.75, 3.05) is 0 Å². The highest BCUT2D eigenvalue weighted by Crippen LogP contribution is 2.19. The van der Waals surface area contributed by atoms with Crippen LogP contribution in [0.4, 0.5) is 4.39 Å². The van der Waals surface area contributed by atoms with Crippen molar-refractivity contribution in [2.45, 2.75) is 24.8 Å². The predicted octanol–water partition coefficient (Wildman–Crippen LogP) is 3.05. The molecule has 0 amide bonds. The van der Waals surface area contributed by atoms with Crippen LogP contribution < -0.4 is 4.72 Å². The molecule has 1 atom stereocenters. The summed E-state index contributed by atoms with van der Waals surface area (Å²) in [5, 5.41) is 0. The molecule has 0 saturated carbocycles. The number of sulfonamides is 1. The molecule has 0 aliphatic carbocycles. The number of rotatable bonds is 4. The second-order valence-electron chi connectivity index (χ2n) is 5.44. The molecule has 0 saturated heterocycles. The molecule has 1 unspecified atom stereocenters. The van der Waals surface area contributed by atoms with E-state index in [4.69, 9.17) is 0 Å². The van der Waals surface area contributed by atoms with E-state index in [1.165, 1.54) is 12.1 Å². The van der Waals surface area contributed by atoms with Crippen LogP contribution in [0.1, 0.15) is 24.4 Å². The van der Waals surface area contributed by atoms with E-state index in [0.29, 0.717) is 5.82 Å². The first-order valence-corrected chi connectivity index (χ1v) is 8.58. The number of fused-ring (bicyclic) bond motifs is 1. The Morgan fingerprint density at radius 3 is 2.57 bits per heavy atom. The zero-order valence-corrected chi connectivity index (χ0v) is 13.5. The maximum Gasteiger partial charge on any atom is 0.241 e. The predicted molar refractivity (Wildman–Crippen MR) is 86.0 cm³/mol. The molecular formula is C16H16FN3O2S. The van der Waals surface area contributed by atoms with E-state index in [9.17, 15) is 12.8 Å². The minimum atomic E-state index is -3.75.